The Bertz CT molecular complexity index is 747. The van der Waals surface area contributed by atoms with Crippen molar-refractivity contribution in [1.29, 1.82) is 0 Å². The molecule has 4 nitrogen and oxygen atoms in total. The van der Waals surface area contributed by atoms with Crippen LogP contribution in [-0.2, 0) is 22.1 Å². The van der Waals surface area contributed by atoms with E-state index in [0.717, 1.165) is 24.3 Å². The lowest BCUT2D eigenvalue weighted by Crippen LogP contribution is -2.28. The van der Waals surface area contributed by atoms with Gasteiger partial charge < -0.3 is 9.15 Å². The topological polar surface area (TPSA) is 56.5 Å². The van der Waals surface area contributed by atoms with E-state index >= 15 is 0 Å². The molecule has 8 heteroatoms. The number of ether oxygens (including phenoxy) is 1. The highest BCUT2D eigenvalue weighted by atomic mass is 19.4. The first-order valence-corrected chi connectivity index (χ1v) is 7.34. The molecule has 0 aliphatic rings. The molecule has 0 spiro atoms. The predicted molar refractivity (Wildman–Crippen MR) is 78.3 cm³/mol. The van der Waals surface area contributed by atoms with Crippen molar-refractivity contribution in [3.63, 3.8) is 0 Å². The van der Waals surface area contributed by atoms with E-state index in [1.807, 2.05) is 0 Å². The lowest BCUT2D eigenvalue weighted by Gasteiger charge is -2.13. The van der Waals surface area contributed by atoms with Crippen LogP contribution in [0.2, 0.25) is 0 Å². The van der Waals surface area contributed by atoms with Crippen LogP contribution in [0.15, 0.2) is 40.8 Å². The van der Waals surface area contributed by atoms with Gasteiger partial charge in [0.1, 0.15) is 17.5 Å². The highest BCUT2D eigenvalue weighted by Crippen LogP contribution is 2.31. The summed E-state index contributed by atoms with van der Waals surface area (Å²) in [6.07, 6.45) is -5.07. The Kier molecular flexibility index (Phi) is 5.61. The molecule has 0 N–H and O–H groups in total. The number of esters is 1. The Morgan fingerprint density at radius 1 is 1.12 bits per heavy atom. The van der Waals surface area contributed by atoms with Crippen molar-refractivity contribution < 1.29 is 36.3 Å². The van der Waals surface area contributed by atoms with Crippen molar-refractivity contribution >= 4 is 11.8 Å². The number of carbonyl (C=O) groups is 2. The molecule has 0 fully saturated rings. The van der Waals surface area contributed by atoms with Gasteiger partial charge in [-0.15, -0.1) is 0 Å². The van der Waals surface area contributed by atoms with Gasteiger partial charge in [-0.3, -0.25) is 9.59 Å². The summed E-state index contributed by atoms with van der Waals surface area (Å²) in [4.78, 5) is 24.5. The monoisotopic (exact) mass is 358 g/mol. The second-order valence-electron chi connectivity index (χ2n) is 5.14. The molecular weight excluding hydrogens is 344 g/mol. The zero-order valence-electron chi connectivity index (χ0n) is 13.1. The number of Topliss-reactive ketones (excluding diaryl/α,β-unsaturated/α-hetero) is 1. The lowest BCUT2D eigenvalue weighted by atomic mass is 9.93. The average molecular weight is 358 g/mol. The van der Waals surface area contributed by atoms with Gasteiger partial charge in [-0.25, -0.2) is 4.39 Å². The summed E-state index contributed by atoms with van der Waals surface area (Å²) < 4.78 is 60.2. The zero-order valence-corrected chi connectivity index (χ0v) is 13.1. The third kappa shape index (κ3) is 4.68. The Hall–Kier alpha value is -2.64. The summed E-state index contributed by atoms with van der Waals surface area (Å²) in [6, 6.07) is 6.24. The van der Waals surface area contributed by atoms with Crippen LogP contribution in [0.3, 0.4) is 0 Å². The molecule has 0 aliphatic carbocycles. The summed E-state index contributed by atoms with van der Waals surface area (Å²) in [6.45, 7) is 1.53. The molecule has 25 heavy (non-hydrogen) atoms. The van der Waals surface area contributed by atoms with Gasteiger partial charge in [-0.05, 0) is 43.3 Å². The van der Waals surface area contributed by atoms with Crippen LogP contribution in [0, 0.1) is 11.7 Å². The van der Waals surface area contributed by atoms with E-state index in [1.165, 1.54) is 19.1 Å². The molecule has 1 aromatic heterocycles. The molecule has 0 amide bonds. The van der Waals surface area contributed by atoms with E-state index in [2.05, 4.69) is 4.42 Å². The van der Waals surface area contributed by atoms with Crippen molar-refractivity contribution in [2.75, 3.05) is 6.61 Å². The van der Waals surface area contributed by atoms with E-state index in [4.69, 9.17) is 4.74 Å². The minimum Gasteiger partial charge on any atom is -0.465 e. The maximum atomic E-state index is 13.0. The van der Waals surface area contributed by atoms with Crippen LogP contribution in [-0.4, -0.2) is 18.4 Å². The maximum absolute atomic E-state index is 13.0. The molecule has 1 unspecified atom stereocenters. The first-order valence-electron chi connectivity index (χ1n) is 7.34. The standard InChI is InChI=1S/C17H14F4O4/c1-2-24-16(23)13(15(22)10-3-5-11(18)6-4-10)9-12-7-8-14(25-12)17(19,20)21/h3-8,13H,2,9H2,1H3. The van der Waals surface area contributed by atoms with E-state index < -0.39 is 41.8 Å². The second kappa shape index (κ2) is 7.50. The number of ketones is 1. The van der Waals surface area contributed by atoms with Crippen molar-refractivity contribution in [2.45, 2.75) is 19.5 Å². The van der Waals surface area contributed by atoms with Crippen LogP contribution in [0.25, 0.3) is 0 Å². The minimum absolute atomic E-state index is 0.00200. The number of alkyl halides is 3. The molecule has 2 rings (SSSR count). The number of carbonyl (C=O) groups excluding carboxylic acids is 2. The quantitative estimate of drug-likeness (QED) is 0.338. The summed E-state index contributed by atoms with van der Waals surface area (Å²) in [5, 5.41) is 0. The molecule has 0 saturated heterocycles. The van der Waals surface area contributed by atoms with Gasteiger partial charge in [0.15, 0.2) is 5.78 Å². The molecule has 1 atom stereocenters. The third-order valence-corrected chi connectivity index (χ3v) is 3.36. The van der Waals surface area contributed by atoms with E-state index in [1.54, 1.807) is 0 Å². The van der Waals surface area contributed by atoms with Crippen LogP contribution >= 0.6 is 0 Å². The molecule has 134 valence electrons. The lowest BCUT2D eigenvalue weighted by molar-refractivity contribution is -0.153. The SMILES string of the molecule is CCOC(=O)C(Cc1ccc(C(F)(F)F)o1)C(=O)c1ccc(F)cc1. The Morgan fingerprint density at radius 2 is 1.76 bits per heavy atom. The molecular formula is C17H14F4O4. The van der Waals surface area contributed by atoms with Gasteiger partial charge in [0.2, 0.25) is 5.76 Å². The molecule has 0 radical (unpaired) electrons. The first-order chi connectivity index (χ1) is 11.7. The van der Waals surface area contributed by atoms with Gasteiger partial charge in [0.25, 0.3) is 0 Å². The first kappa shape index (κ1) is 18.7. The van der Waals surface area contributed by atoms with Crippen LogP contribution < -0.4 is 0 Å². The highest BCUT2D eigenvalue weighted by Gasteiger charge is 2.36. The molecule has 0 aliphatic heterocycles. The number of hydrogen-bond acceptors (Lipinski definition) is 4. The molecule has 1 aromatic carbocycles. The van der Waals surface area contributed by atoms with Gasteiger partial charge in [-0.1, -0.05) is 0 Å². The smallest absolute Gasteiger partial charge is 0.449 e. The second-order valence-corrected chi connectivity index (χ2v) is 5.14. The van der Waals surface area contributed by atoms with Gasteiger partial charge in [0, 0.05) is 12.0 Å². The van der Waals surface area contributed by atoms with Crippen molar-refractivity contribution in [3.05, 3.63) is 59.3 Å². The van der Waals surface area contributed by atoms with Gasteiger partial charge in [-0.2, -0.15) is 13.2 Å². The van der Waals surface area contributed by atoms with Crippen molar-refractivity contribution in [2.24, 2.45) is 5.92 Å². The number of hydrogen-bond donors (Lipinski definition) is 0. The number of rotatable bonds is 6. The Balaban J connectivity index is 2.26. The zero-order chi connectivity index (χ0) is 18.6. The Morgan fingerprint density at radius 3 is 2.28 bits per heavy atom. The minimum atomic E-state index is -4.67. The summed E-state index contributed by atoms with van der Waals surface area (Å²) in [5.41, 5.74) is 0.0436. The normalized spacial score (nSPS) is 12.7. The average Bonchev–Trinajstić information content (AvgIpc) is 3.02. The highest BCUT2D eigenvalue weighted by molar-refractivity contribution is 6.08. The van der Waals surface area contributed by atoms with E-state index in [9.17, 15) is 27.2 Å². The van der Waals surface area contributed by atoms with Gasteiger partial charge >= 0.3 is 12.1 Å². The fraction of sp³-hybridized carbons (Fsp3) is 0.294. The molecule has 0 saturated carbocycles. The number of benzene rings is 1. The predicted octanol–water partition coefficient (Wildman–Crippen LogP) is 4.04. The summed E-state index contributed by atoms with van der Waals surface area (Å²) in [5.74, 6) is -4.94. The third-order valence-electron chi connectivity index (χ3n) is 3.36. The van der Waals surface area contributed by atoms with Crippen LogP contribution in [0.4, 0.5) is 17.6 Å². The van der Waals surface area contributed by atoms with E-state index in [0.29, 0.717) is 0 Å². The van der Waals surface area contributed by atoms with Crippen LogP contribution in [0.1, 0.15) is 28.8 Å². The maximum Gasteiger partial charge on any atom is 0.449 e. The molecule has 0 bridgehead atoms. The number of halogens is 4. The largest absolute Gasteiger partial charge is 0.465 e. The fourth-order valence-electron chi connectivity index (χ4n) is 2.18. The fourth-order valence-corrected chi connectivity index (χ4v) is 2.18. The van der Waals surface area contributed by atoms with Gasteiger partial charge in [0.05, 0.1) is 6.61 Å². The number of furan rings is 1. The molecule has 1 heterocycles. The Labute approximate surface area is 140 Å². The summed E-state index contributed by atoms with van der Waals surface area (Å²) >= 11 is 0. The van der Waals surface area contributed by atoms with E-state index in [-0.39, 0.29) is 17.9 Å². The van der Waals surface area contributed by atoms with Crippen LogP contribution in [0.5, 0.6) is 0 Å². The van der Waals surface area contributed by atoms with Crippen molar-refractivity contribution in [1.82, 2.24) is 0 Å². The van der Waals surface area contributed by atoms with Crippen molar-refractivity contribution in [3.8, 4) is 0 Å². The summed E-state index contributed by atoms with van der Waals surface area (Å²) in [7, 11) is 0. The molecule has 2 aromatic rings.